The van der Waals surface area contributed by atoms with E-state index in [0.717, 1.165) is 32.6 Å². The molecule has 0 aliphatic rings. The van der Waals surface area contributed by atoms with Gasteiger partial charge in [-0.05, 0) is 67.8 Å². The van der Waals surface area contributed by atoms with Crippen LogP contribution in [0.25, 0.3) is 10.9 Å². The van der Waals surface area contributed by atoms with Crippen molar-refractivity contribution in [2.45, 2.75) is 45.2 Å². The molecule has 0 aliphatic carbocycles. The average Bonchev–Trinajstić information content (AvgIpc) is 3.39. The first kappa shape index (κ1) is 33.4. The van der Waals surface area contributed by atoms with Gasteiger partial charge in [-0.25, -0.2) is 0 Å². The van der Waals surface area contributed by atoms with Gasteiger partial charge in [0.2, 0.25) is 5.91 Å². The van der Waals surface area contributed by atoms with E-state index in [1.807, 2.05) is 73.7 Å². The Balaban J connectivity index is 1.63. The molecule has 0 fully saturated rings. The second-order valence-corrected chi connectivity index (χ2v) is 11.3. The number of halogens is 6. The number of fused-ring (bicyclic) bond motifs is 1. The highest BCUT2D eigenvalue weighted by Crippen LogP contribution is 2.36. The van der Waals surface area contributed by atoms with Crippen LogP contribution in [-0.2, 0) is 30.1 Å². The Bertz CT molecular complexity index is 1610. The van der Waals surface area contributed by atoms with Crippen molar-refractivity contribution in [3.8, 4) is 0 Å². The smallest absolute Gasteiger partial charge is 0.378 e. The molecule has 0 radical (unpaired) electrons. The topological polar surface area (TPSA) is 59.7 Å². The zero-order chi connectivity index (χ0) is 33.1. The van der Waals surface area contributed by atoms with Crippen molar-refractivity contribution >= 4 is 28.4 Å². The minimum Gasteiger partial charge on any atom is -0.378 e. The molecule has 2 amide bonds. The number of benzene rings is 3. The first-order valence-electron chi connectivity index (χ1n) is 14.2. The van der Waals surface area contributed by atoms with Crippen LogP contribution in [0, 0.1) is 0 Å². The van der Waals surface area contributed by atoms with Gasteiger partial charge in [0.15, 0.2) is 0 Å². The number of aromatic nitrogens is 1. The fourth-order valence-electron chi connectivity index (χ4n) is 4.98. The number of anilines is 1. The standard InChI is InChI=1S/C33H34F6N4O2/c1-21(2)43(31(45)24-15-25(32(34,35)36)17-26(16-24)33(37,38)39)20-30(44)42(19-22-9-11-27(12-10-22)41(3)4)14-13-23-18-40-29-8-6-5-7-28(23)29/h5-12,15-18,21,40H,13-14,19-20H2,1-4H3. The first-order chi connectivity index (χ1) is 21.0. The van der Waals surface area contributed by atoms with Crippen LogP contribution < -0.4 is 4.90 Å². The quantitative estimate of drug-likeness (QED) is 0.186. The highest BCUT2D eigenvalue weighted by atomic mass is 19.4. The van der Waals surface area contributed by atoms with E-state index in [1.54, 1.807) is 18.7 Å². The Morgan fingerprint density at radius 1 is 0.844 bits per heavy atom. The minimum absolute atomic E-state index is 0.0321. The van der Waals surface area contributed by atoms with E-state index in [4.69, 9.17) is 0 Å². The molecule has 1 N–H and O–H groups in total. The van der Waals surface area contributed by atoms with Gasteiger partial charge in [0.1, 0.15) is 6.54 Å². The van der Waals surface area contributed by atoms with Gasteiger partial charge >= 0.3 is 12.4 Å². The molecule has 1 heterocycles. The number of amides is 2. The fourth-order valence-corrected chi connectivity index (χ4v) is 4.98. The zero-order valence-corrected chi connectivity index (χ0v) is 25.3. The predicted octanol–water partition coefficient (Wildman–Crippen LogP) is 7.39. The van der Waals surface area contributed by atoms with Gasteiger partial charge in [0.05, 0.1) is 11.1 Å². The van der Waals surface area contributed by atoms with Crippen LogP contribution in [0.5, 0.6) is 0 Å². The molecule has 0 atom stereocenters. The number of rotatable bonds is 10. The number of aromatic amines is 1. The summed E-state index contributed by atoms with van der Waals surface area (Å²) in [5, 5.41) is 0.990. The molecular formula is C33H34F6N4O2. The molecule has 0 aliphatic heterocycles. The Kier molecular flexibility index (Phi) is 9.84. The average molecular weight is 633 g/mol. The monoisotopic (exact) mass is 632 g/mol. The lowest BCUT2D eigenvalue weighted by Crippen LogP contribution is -2.46. The van der Waals surface area contributed by atoms with Crippen molar-refractivity contribution in [1.82, 2.24) is 14.8 Å². The number of hydrogen-bond donors (Lipinski definition) is 1. The van der Waals surface area contributed by atoms with Crippen molar-refractivity contribution in [1.29, 1.82) is 0 Å². The summed E-state index contributed by atoms with van der Waals surface area (Å²) in [5.74, 6) is -1.61. The largest absolute Gasteiger partial charge is 0.416 e. The summed E-state index contributed by atoms with van der Waals surface area (Å²) in [6.07, 6.45) is -7.91. The van der Waals surface area contributed by atoms with Crippen LogP contribution in [0.4, 0.5) is 32.0 Å². The lowest BCUT2D eigenvalue weighted by Gasteiger charge is -2.31. The molecule has 4 aromatic rings. The molecule has 0 saturated heterocycles. The summed E-state index contributed by atoms with van der Waals surface area (Å²) in [5.41, 5.74) is -0.348. The number of carbonyl (C=O) groups excluding carboxylic acids is 2. The van der Waals surface area contributed by atoms with Gasteiger partial charge < -0.3 is 19.7 Å². The number of para-hydroxylation sites is 1. The van der Waals surface area contributed by atoms with Crippen LogP contribution in [-0.4, -0.2) is 59.8 Å². The first-order valence-corrected chi connectivity index (χ1v) is 14.2. The molecule has 0 bridgehead atoms. The SMILES string of the molecule is CC(C)N(CC(=O)N(CCc1c[nH]c2ccccc12)Cc1ccc(N(C)C)cc1)C(=O)c1cc(C(F)(F)F)cc(C(F)(F)F)c1. The second-order valence-electron chi connectivity index (χ2n) is 11.3. The predicted molar refractivity (Wildman–Crippen MR) is 161 cm³/mol. The Morgan fingerprint density at radius 2 is 1.44 bits per heavy atom. The number of alkyl halides is 6. The Hall–Kier alpha value is -4.48. The van der Waals surface area contributed by atoms with E-state index >= 15 is 0 Å². The summed E-state index contributed by atoms with van der Waals surface area (Å²) in [6, 6.07) is 15.2. The highest BCUT2D eigenvalue weighted by Gasteiger charge is 2.38. The van der Waals surface area contributed by atoms with Crippen molar-refractivity contribution in [3.63, 3.8) is 0 Å². The summed E-state index contributed by atoms with van der Waals surface area (Å²) >= 11 is 0. The van der Waals surface area contributed by atoms with Gasteiger partial charge in [0, 0.05) is 61.6 Å². The molecule has 12 heteroatoms. The minimum atomic E-state index is -5.11. The third-order valence-corrected chi connectivity index (χ3v) is 7.53. The molecule has 6 nitrogen and oxygen atoms in total. The number of nitrogens with one attached hydrogen (secondary N) is 1. The highest BCUT2D eigenvalue weighted by molar-refractivity contribution is 5.97. The van der Waals surface area contributed by atoms with Crippen LogP contribution >= 0.6 is 0 Å². The maximum Gasteiger partial charge on any atom is 0.416 e. The molecule has 3 aromatic carbocycles. The van der Waals surface area contributed by atoms with Gasteiger partial charge in [-0.15, -0.1) is 0 Å². The van der Waals surface area contributed by atoms with Crippen molar-refractivity contribution in [2.75, 3.05) is 32.1 Å². The Labute approximate surface area is 257 Å². The molecular weight excluding hydrogens is 598 g/mol. The summed E-state index contributed by atoms with van der Waals surface area (Å²) in [7, 11) is 3.79. The number of hydrogen-bond acceptors (Lipinski definition) is 3. The third-order valence-electron chi connectivity index (χ3n) is 7.53. The van der Waals surface area contributed by atoms with Gasteiger partial charge in [0.25, 0.3) is 5.91 Å². The molecule has 240 valence electrons. The van der Waals surface area contributed by atoms with Gasteiger partial charge in [-0.2, -0.15) is 26.3 Å². The molecule has 0 unspecified atom stereocenters. The van der Waals surface area contributed by atoms with E-state index in [-0.39, 0.29) is 19.2 Å². The van der Waals surface area contributed by atoms with Crippen LogP contribution in [0.1, 0.15) is 46.5 Å². The van der Waals surface area contributed by atoms with Crippen molar-refractivity contribution in [2.24, 2.45) is 0 Å². The molecule has 45 heavy (non-hydrogen) atoms. The number of carbonyl (C=O) groups is 2. The maximum absolute atomic E-state index is 13.8. The van der Waals surface area contributed by atoms with Crippen molar-refractivity contribution in [3.05, 3.63) is 101 Å². The van der Waals surface area contributed by atoms with Crippen LogP contribution in [0.3, 0.4) is 0 Å². The summed E-state index contributed by atoms with van der Waals surface area (Å²) in [4.78, 5) is 34.9. The lowest BCUT2D eigenvalue weighted by atomic mass is 10.0. The normalized spacial score (nSPS) is 12.1. The molecule has 0 saturated carbocycles. The second kappa shape index (κ2) is 13.3. The molecule has 4 rings (SSSR count). The lowest BCUT2D eigenvalue weighted by molar-refractivity contribution is -0.143. The summed E-state index contributed by atoms with van der Waals surface area (Å²) in [6.45, 7) is 2.96. The summed E-state index contributed by atoms with van der Waals surface area (Å²) < 4.78 is 81.0. The zero-order valence-electron chi connectivity index (χ0n) is 25.3. The molecule has 1 aromatic heterocycles. The fraction of sp³-hybridized carbons (Fsp3) is 0.333. The number of H-pyrrole nitrogens is 1. The van der Waals surface area contributed by atoms with E-state index in [1.165, 1.54) is 0 Å². The van der Waals surface area contributed by atoms with Crippen molar-refractivity contribution < 1.29 is 35.9 Å². The van der Waals surface area contributed by atoms with E-state index in [2.05, 4.69) is 4.98 Å². The molecule has 0 spiro atoms. The third kappa shape index (κ3) is 8.17. The maximum atomic E-state index is 13.8. The van der Waals surface area contributed by atoms with E-state index < -0.39 is 53.4 Å². The van der Waals surface area contributed by atoms with Crippen LogP contribution in [0.15, 0.2) is 72.9 Å². The van der Waals surface area contributed by atoms with Gasteiger partial charge in [-0.1, -0.05) is 30.3 Å². The van der Waals surface area contributed by atoms with E-state index in [9.17, 15) is 35.9 Å². The number of nitrogens with zero attached hydrogens (tertiary/aromatic N) is 3. The van der Waals surface area contributed by atoms with Gasteiger partial charge in [-0.3, -0.25) is 9.59 Å². The van der Waals surface area contributed by atoms with E-state index in [0.29, 0.717) is 18.6 Å². The van der Waals surface area contributed by atoms with Crippen LogP contribution in [0.2, 0.25) is 0 Å². The Morgan fingerprint density at radius 3 is 2.00 bits per heavy atom.